The second kappa shape index (κ2) is 14.8. The number of phenolic OH excluding ortho intramolecular Hbond substituents is 2. The van der Waals surface area contributed by atoms with Crippen LogP contribution in [0.15, 0.2) is 133 Å². The molecule has 6 rings (SSSR count). The summed E-state index contributed by atoms with van der Waals surface area (Å²) in [6.45, 7) is 3.74. The Morgan fingerprint density at radius 2 is 0.800 bits per heavy atom. The largest absolute Gasteiger partial charge is 2.00 e. The summed E-state index contributed by atoms with van der Waals surface area (Å²) in [7, 11) is 0. The van der Waals surface area contributed by atoms with Crippen LogP contribution in [0.25, 0.3) is 21.5 Å². The number of para-hydroxylation sites is 2. The predicted molar refractivity (Wildman–Crippen MR) is 145 cm³/mol. The fourth-order valence-corrected chi connectivity index (χ4v) is 3.27. The van der Waals surface area contributed by atoms with Gasteiger partial charge in [-0.3, -0.25) is 0 Å². The van der Waals surface area contributed by atoms with Gasteiger partial charge in [-0.1, -0.05) is 48.5 Å². The number of hydrogen-bond acceptors (Lipinski definition) is 2. The molecule has 0 aromatic heterocycles. The Hall–Kier alpha value is -3.42. The average Bonchev–Trinajstić information content (AvgIpc) is 3.54. The molecule has 6 aromatic rings. The molecule has 0 bridgehead atoms. The van der Waals surface area contributed by atoms with Crippen LogP contribution in [0, 0.1) is 13.8 Å². The van der Waals surface area contributed by atoms with Gasteiger partial charge in [0.25, 0.3) is 0 Å². The molecule has 0 saturated carbocycles. The fraction of sp³-hybridized carbons (Fsp3) is 0.0625. The summed E-state index contributed by atoms with van der Waals surface area (Å²) in [6, 6.07) is 43.8. The van der Waals surface area contributed by atoms with Crippen LogP contribution in [0.5, 0.6) is 11.5 Å². The van der Waals surface area contributed by atoms with Crippen molar-refractivity contribution in [2.24, 2.45) is 0 Å². The van der Waals surface area contributed by atoms with E-state index in [4.69, 9.17) is 10.2 Å². The molecule has 0 unspecified atom stereocenters. The number of fused-ring (bicyclic) bond motifs is 2. The van der Waals surface area contributed by atoms with Crippen LogP contribution in [-0.4, -0.2) is 10.2 Å². The molecule has 0 fully saturated rings. The van der Waals surface area contributed by atoms with Gasteiger partial charge in [-0.25, -0.2) is 0 Å². The Morgan fingerprint density at radius 3 is 1.11 bits per heavy atom. The van der Waals surface area contributed by atoms with Crippen LogP contribution in [-0.2, 0) is 26.2 Å². The smallest absolute Gasteiger partial charge is 0.508 e. The molecule has 6 aromatic carbocycles. The third-order valence-corrected chi connectivity index (χ3v) is 5.33. The quantitative estimate of drug-likeness (QED) is 0.191. The Bertz CT molecular complexity index is 1200. The SMILES string of the molecule is Cc1ccccc1O.Cc1ccccc1O.[Zr+2].c1ccc2[cH-]ccc2c1.c1ccc2[cH-]ccc2c1. The van der Waals surface area contributed by atoms with Crippen molar-refractivity contribution in [1.29, 1.82) is 0 Å². The zero-order valence-electron chi connectivity index (χ0n) is 20.1. The summed E-state index contributed by atoms with van der Waals surface area (Å²) in [6.07, 6.45) is 0. The summed E-state index contributed by atoms with van der Waals surface area (Å²) in [5.74, 6) is 0.736. The first-order valence-corrected chi connectivity index (χ1v) is 11.2. The second-order valence-corrected chi connectivity index (χ2v) is 7.88. The monoisotopic (exact) mass is 536 g/mol. The number of benzene rings is 4. The normalized spacial score (nSPS) is 9.43. The number of hydrogen-bond donors (Lipinski definition) is 2. The van der Waals surface area contributed by atoms with Gasteiger partial charge in [-0.15, -0.1) is 59.3 Å². The Kier molecular flexibility index (Phi) is 11.7. The van der Waals surface area contributed by atoms with E-state index in [1.807, 2.05) is 50.2 Å². The minimum Gasteiger partial charge on any atom is -0.508 e. The van der Waals surface area contributed by atoms with Gasteiger partial charge >= 0.3 is 26.2 Å². The van der Waals surface area contributed by atoms with Gasteiger partial charge in [-0.2, -0.15) is 35.0 Å². The molecule has 174 valence electrons. The minimum absolute atomic E-state index is 0. The van der Waals surface area contributed by atoms with Gasteiger partial charge in [-0.05, 0) is 37.1 Å². The van der Waals surface area contributed by atoms with Gasteiger partial charge < -0.3 is 10.2 Å². The molecule has 0 spiro atoms. The molecular formula is C32H30O2Zr. The fourth-order valence-electron chi connectivity index (χ4n) is 3.27. The third-order valence-electron chi connectivity index (χ3n) is 5.33. The van der Waals surface area contributed by atoms with Crippen molar-refractivity contribution in [3.63, 3.8) is 0 Å². The van der Waals surface area contributed by atoms with E-state index in [1.165, 1.54) is 21.5 Å². The van der Waals surface area contributed by atoms with Crippen molar-refractivity contribution in [1.82, 2.24) is 0 Å². The van der Waals surface area contributed by atoms with Crippen molar-refractivity contribution in [3.8, 4) is 11.5 Å². The van der Waals surface area contributed by atoms with Crippen LogP contribution in [0.1, 0.15) is 11.1 Å². The van der Waals surface area contributed by atoms with Crippen molar-refractivity contribution >= 4 is 21.5 Å². The molecule has 0 aliphatic heterocycles. The molecule has 0 amide bonds. The van der Waals surface area contributed by atoms with Crippen molar-refractivity contribution in [2.75, 3.05) is 0 Å². The summed E-state index contributed by atoms with van der Waals surface area (Å²) in [5, 5.41) is 23.2. The average molecular weight is 538 g/mol. The van der Waals surface area contributed by atoms with E-state index in [9.17, 15) is 0 Å². The summed E-state index contributed by atoms with van der Waals surface area (Å²) in [5.41, 5.74) is 1.85. The molecule has 0 radical (unpaired) electrons. The van der Waals surface area contributed by atoms with E-state index < -0.39 is 0 Å². The Balaban J connectivity index is 0.000000163. The molecule has 2 nitrogen and oxygen atoms in total. The first-order chi connectivity index (χ1) is 16.5. The molecule has 3 heteroatoms. The number of rotatable bonds is 0. The maximum Gasteiger partial charge on any atom is 2.00 e. The first-order valence-electron chi connectivity index (χ1n) is 11.2. The van der Waals surface area contributed by atoms with Crippen molar-refractivity contribution in [3.05, 3.63) is 145 Å². The van der Waals surface area contributed by atoms with Crippen LogP contribution in [0.4, 0.5) is 0 Å². The molecular weight excluding hydrogens is 508 g/mol. The van der Waals surface area contributed by atoms with Crippen LogP contribution in [0.3, 0.4) is 0 Å². The van der Waals surface area contributed by atoms with Crippen LogP contribution in [0.2, 0.25) is 0 Å². The summed E-state index contributed by atoms with van der Waals surface area (Å²) < 4.78 is 0. The van der Waals surface area contributed by atoms with Crippen LogP contribution < -0.4 is 0 Å². The van der Waals surface area contributed by atoms with E-state index >= 15 is 0 Å². The van der Waals surface area contributed by atoms with E-state index in [1.54, 1.807) is 12.1 Å². The Morgan fingerprint density at radius 1 is 0.457 bits per heavy atom. The molecule has 0 saturated heterocycles. The van der Waals surface area contributed by atoms with Gasteiger partial charge in [0.15, 0.2) is 0 Å². The topological polar surface area (TPSA) is 40.5 Å². The molecule has 0 aliphatic carbocycles. The zero-order chi connectivity index (χ0) is 24.2. The van der Waals surface area contributed by atoms with E-state index in [2.05, 4.69) is 84.9 Å². The number of aromatic hydroxyl groups is 2. The maximum atomic E-state index is 8.92. The van der Waals surface area contributed by atoms with Gasteiger partial charge in [0.1, 0.15) is 11.5 Å². The summed E-state index contributed by atoms with van der Waals surface area (Å²) >= 11 is 0. The molecule has 35 heavy (non-hydrogen) atoms. The predicted octanol–water partition coefficient (Wildman–Crippen LogP) is 8.52. The molecule has 2 N–H and O–H groups in total. The molecule has 0 atom stereocenters. The first kappa shape index (κ1) is 27.8. The summed E-state index contributed by atoms with van der Waals surface area (Å²) in [4.78, 5) is 0. The van der Waals surface area contributed by atoms with Crippen molar-refractivity contribution < 1.29 is 36.4 Å². The van der Waals surface area contributed by atoms with E-state index in [0.717, 1.165) is 11.1 Å². The zero-order valence-corrected chi connectivity index (χ0v) is 22.6. The maximum absolute atomic E-state index is 8.92. The molecule has 0 aliphatic rings. The van der Waals surface area contributed by atoms with Gasteiger partial charge in [0.2, 0.25) is 0 Å². The standard InChI is InChI=1S/2C9H7.2C7H8O.Zr/c2*1-2-5-9-7-3-6-8(9)4-1;2*1-6-4-2-3-5-7(6)8;/h2*1-7H;2*2-5,8H,1H3;/q2*-1;;;+2. The Labute approximate surface area is 227 Å². The van der Waals surface area contributed by atoms with E-state index in [0.29, 0.717) is 11.5 Å². The van der Waals surface area contributed by atoms with Gasteiger partial charge in [0.05, 0.1) is 0 Å². The third kappa shape index (κ3) is 9.04. The van der Waals surface area contributed by atoms with Crippen molar-refractivity contribution in [2.45, 2.75) is 13.8 Å². The van der Waals surface area contributed by atoms with Crippen LogP contribution >= 0.6 is 0 Å². The number of phenols is 2. The van der Waals surface area contributed by atoms with Gasteiger partial charge in [0, 0.05) is 0 Å². The van der Waals surface area contributed by atoms with E-state index in [-0.39, 0.29) is 26.2 Å². The molecule has 0 heterocycles. The minimum atomic E-state index is 0. The number of aryl methyl sites for hydroxylation is 2. The second-order valence-electron chi connectivity index (χ2n) is 7.88.